The molecule has 4 rings (SSSR count). The number of likely N-dealkylation sites (N-methyl/N-ethyl adjacent to an activating group) is 1. The van der Waals surface area contributed by atoms with Crippen LogP contribution < -0.4 is 4.74 Å². The summed E-state index contributed by atoms with van der Waals surface area (Å²) in [6.07, 6.45) is 6.49. The first kappa shape index (κ1) is 21.5. The number of hydrogen-bond acceptors (Lipinski definition) is 4. The molecule has 6 heteroatoms. The molecule has 0 N–H and O–H groups in total. The number of nitrogens with zero attached hydrogens (tertiary/aromatic N) is 3. The second kappa shape index (κ2) is 9.60. The lowest BCUT2D eigenvalue weighted by Crippen LogP contribution is -2.42. The van der Waals surface area contributed by atoms with E-state index in [1.54, 1.807) is 18.2 Å². The fourth-order valence-corrected chi connectivity index (χ4v) is 4.70. The molecule has 1 fully saturated rings. The third-order valence-electron chi connectivity index (χ3n) is 6.40. The molecule has 1 aliphatic heterocycles. The average Bonchev–Trinajstić information content (AvgIpc) is 3.25. The predicted molar refractivity (Wildman–Crippen MR) is 120 cm³/mol. The maximum atomic E-state index is 14.0. The molecule has 5 nitrogen and oxygen atoms in total. The zero-order chi connectivity index (χ0) is 21.8. The van der Waals surface area contributed by atoms with Crippen molar-refractivity contribution in [3.8, 4) is 5.75 Å². The predicted octanol–water partition coefficient (Wildman–Crippen LogP) is 4.78. The van der Waals surface area contributed by atoms with Crippen molar-refractivity contribution in [1.29, 1.82) is 0 Å². The Balaban J connectivity index is 1.61. The highest BCUT2D eigenvalue weighted by molar-refractivity contribution is 6.05. The van der Waals surface area contributed by atoms with Gasteiger partial charge in [0.1, 0.15) is 11.6 Å². The van der Waals surface area contributed by atoms with Crippen LogP contribution in [0, 0.1) is 5.82 Å². The molecule has 1 amide bonds. The number of halogens is 1. The van der Waals surface area contributed by atoms with E-state index in [1.807, 2.05) is 37.4 Å². The number of methoxy groups -OCH3 is 1. The molecule has 0 spiro atoms. The average molecular weight is 424 g/mol. The van der Waals surface area contributed by atoms with Crippen molar-refractivity contribution < 1.29 is 13.9 Å². The second-order valence-electron chi connectivity index (χ2n) is 8.47. The smallest absolute Gasteiger partial charge is 0.257 e. The molecule has 164 valence electrons. The van der Waals surface area contributed by atoms with Gasteiger partial charge in [-0.2, -0.15) is 5.10 Å². The summed E-state index contributed by atoms with van der Waals surface area (Å²) in [5, 5.41) is 6.28. The maximum Gasteiger partial charge on any atom is 0.257 e. The van der Waals surface area contributed by atoms with Crippen molar-refractivity contribution in [2.75, 3.05) is 20.7 Å². The minimum Gasteiger partial charge on any atom is -0.496 e. The van der Waals surface area contributed by atoms with Crippen LogP contribution in [0.25, 0.3) is 0 Å². The Kier molecular flexibility index (Phi) is 6.66. The minimum atomic E-state index is -0.331. The summed E-state index contributed by atoms with van der Waals surface area (Å²) >= 11 is 0. The van der Waals surface area contributed by atoms with Gasteiger partial charge in [0, 0.05) is 18.0 Å². The van der Waals surface area contributed by atoms with Gasteiger partial charge in [-0.1, -0.05) is 43.5 Å². The standard InChI is InChI=1S/C25H30FN3O2/c1-28(20-11-4-3-5-12-20)17-25(30)29-23(18-9-8-10-19(26)15-18)16-22(27-29)21-13-6-7-14-24(21)31-2/h6-10,13-15,20,23H,3-5,11-12,16-17H2,1-2H3. The van der Waals surface area contributed by atoms with Crippen LogP contribution in [-0.2, 0) is 4.79 Å². The number of hydrazone groups is 1. The summed E-state index contributed by atoms with van der Waals surface area (Å²) in [6, 6.07) is 14.2. The molecule has 1 saturated carbocycles. The molecule has 0 radical (unpaired) electrons. The number of hydrogen-bond donors (Lipinski definition) is 0. The van der Waals surface area contributed by atoms with Crippen LogP contribution in [-0.4, -0.2) is 48.3 Å². The van der Waals surface area contributed by atoms with Gasteiger partial charge in [-0.15, -0.1) is 0 Å². The van der Waals surface area contributed by atoms with Gasteiger partial charge in [-0.3, -0.25) is 9.69 Å². The Morgan fingerprint density at radius 3 is 2.68 bits per heavy atom. The Hall–Kier alpha value is -2.73. The van der Waals surface area contributed by atoms with Gasteiger partial charge in [0.2, 0.25) is 0 Å². The maximum absolute atomic E-state index is 14.0. The number of benzene rings is 2. The van der Waals surface area contributed by atoms with Gasteiger partial charge in [0.25, 0.3) is 5.91 Å². The van der Waals surface area contributed by atoms with E-state index < -0.39 is 0 Å². The lowest BCUT2D eigenvalue weighted by atomic mass is 9.94. The number of carbonyl (C=O) groups excluding carboxylic acids is 1. The quantitative estimate of drug-likeness (QED) is 0.672. The first-order chi connectivity index (χ1) is 15.1. The van der Waals surface area contributed by atoms with Gasteiger partial charge in [0.05, 0.1) is 25.4 Å². The highest BCUT2D eigenvalue weighted by Gasteiger charge is 2.35. The number of amides is 1. The lowest BCUT2D eigenvalue weighted by Gasteiger charge is -2.32. The number of para-hydroxylation sites is 1. The van der Waals surface area contributed by atoms with Crippen molar-refractivity contribution in [2.24, 2.45) is 5.10 Å². The first-order valence-corrected chi connectivity index (χ1v) is 11.1. The van der Waals surface area contributed by atoms with E-state index in [2.05, 4.69) is 4.90 Å². The van der Waals surface area contributed by atoms with Crippen molar-refractivity contribution in [2.45, 2.75) is 50.6 Å². The third-order valence-corrected chi connectivity index (χ3v) is 6.40. The fourth-order valence-electron chi connectivity index (χ4n) is 4.70. The van der Waals surface area contributed by atoms with Crippen LogP contribution in [0.4, 0.5) is 4.39 Å². The largest absolute Gasteiger partial charge is 0.496 e. The summed E-state index contributed by atoms with van der Waals surface area (Å²) in [6.45, 7) is 0.305. The van der Waals surface area contributed by atoms with Gasteiger partial charge >= 0.3 is 0 Å². The van der Waals surface area contributed by atoms with E-state index in [9.17, 15) is 9.18 Å². The molecular weight excluding hydrogens is 393 g/mol. The zero-order valence-corrected chi connectivity index (χ0v) is 18.3. The Morgan fingerprint density at radius 1 is 1.16 bits per heavy atom. The Labute approximate surface area is 183 Å². The number of carbonyl (C=O) groups is 1. The topological polar surface area (TPSA) is 45.1 Å². The normalized spacial score (nSPS) is 19.5. The van der Waals surface area contributed by atoms with E-state index in [1.165, 1.54) is 31.4 Å². The Morgan fingerprint density at radius 2 is 1.94 bits per heavy atom. The molecule has 1 aliphatic carbocycles. The van der Waals surface area contributed by atoms with Gasteiger partial charge in [0.15, 0.2) is 0 Å². The van der Waals surface area contributed by atoms with Crippen molar-refractivity contribution in [3.05, 3.63) is 65.5 Å². The minimum absolute atomic E-state index is 0.0627. The molecule has 0 aromatic heterocycles. The molecule has 0 bridgehead atoms. The monoisotopic (exact) mass is 423 g/mol. The van der Waals surface area contributed by atoms with Crippen LogP contribution in [0.5, 0.6) is 5.75 Å². The number of ether oxygens (including phenoxy) is 1. The summed E-state index contributed by atoms with van der Waals surface area (Å²) < 4.78 is 19.5. The highest BCUT2D eigenvalue weighted by Crippen LogP contribution is 2.35. The zero-order valence-electron chi connectivity index (χ0n) is 18.3. The van der Waals surface area contributed by atoms with E-state index >= 15 is 0 Å². The van der Waals surface area contributed by atoms with Crippen LogP contribution in [0.2, 0.25) is 0 Å². The highest BCUT2D eigenvalue weighted by atomic mass is 19.1. The first-order valence-electron chi connectivity index (χ1n) is 11.1. The summed E-state index contributed by atoms with van der Waals surface area (Å²) in [5.74, 6) is 0.343. The third kappa shape index (κ3) is 4.79. The van der Waals surface area contributed by atoms with E-state index in [-0.39, 0.29) is 17.8 Å². The molecule has 1 heterocycles. The summed E-state index contributed by atoms with van der Waals surface area (Å²) in [7, 11) is 3.65. The van der Waals surface area contributed by atoms with E-state index in [0.717, 1.165) is 29.7 Å². The van der Waals surface area contributed by atoms with E-state index in [4.69, 9.17) is 9.84 Å². The van der Waals surface area contributed by atoms with Gasteiger partial charge in [-0.05, 0) is 49.7 Å². The molecule has 1 unspecified atom stereocenters. The van der Waals surface area contributed by atoms with Gasteiger partial charge < -0.3 is 4.74 Å². The second-order valence-corrected chi connectivity index (χ2v) is 8.47. The Bertz CT molecular complexity index is 955. The number of rotatable bonds is 6. The van der Waals surface area contributed by atoms with Gasteiger partial charge in [-0.25, -0.2) is 9.40 Å². The molecule has 2 aromatic rings. The molecule has 0 saturated heterocycles. The van der Waals surface area contributed by atoms with Crippen molar-refractivity contribution in [1.82, 2.24) is 9.91 Å². The van der Waals surface area contributed by atoms with Crippen LogP contribution >= 0.6 is 0 Å². The molecule has 2 aromatic carbocycles. The molecule has 31 heavy (non-hydrogen) atoms. The van der Waals surface area contributed by atoms with Crippen molar-refractivity contribution in [3.63, 3.8) is 0 Å². The van der Waals surface area contributed by atoms with Crippen LogP contribution in [0.3, 0.4) is 0 Å². The molecule has 2 aliphatic rings. The summed E-state index contributed by atoms with van der Waals surface area (Å²) in [4.78, 5) is 15.5. The lowest BCUT2D eigenvalue weighted by molar-refractivity contribution is -0.134. The van der Waals surface area contributed by atoms with Crippen molar-refractivity contribution >= 4 is 11.6 Å². The SMILES string of the molecule is COc1ccccc1C1=NN(C(=O)CN(C)C2CCCCC2)C(c2cccc(F)c2)C1. The van der Waals surface area contributed by atoms with Crippen LogP contribution in [0.1, 0.15) is 55.7 Å². The fraction of sp³-hybridized carbons (Fsp3) is 0.440. The summed E-state index contributed by atoms with van der Waals surface area (Å²) in [5.41, 5.74) is 2.39. The van der Waals surface area contributed by atoms with E-state index in [0.29, 0.717) is 24.8 Å². The van der Waals surface area contributed by atoms with Crippen LogP contribution in [0.15, 0.2) is 53.6 Å². The molecular formula is C25H30FN3O2. The molecule has 1 atom stereocenters.